The molecule has 0 spiro atoms. The largest absolute Gasteiger partial charge is 0.388 e. The molecule has 6 heteroatoms. The SMILES string of the molecule is CC1(C)CCC(O)(CNc2cc(Cl)nc(N)n2)CC1. The maximum Gasteiger partial charge on any atom is 0.223 e. The molecule has 0 atom stereocenters. The van der Waals surface area contributed by atoms with Crippen LogP contribution in [0.15, 0.2) is 6.07 Å². The van der Waals surface area contributed by atoms with Gasteiger partial charge in [-0.25, -0.2) is 4.98 Å². The highest BCUT2D eigenvalue weighted by molar-refractivity contribution is 6.29. The molecule has 0 unspecified atom stereocenters. The van der Waals surface area contributed by atoms with E-state index in [4.69, 9.17) is 17.3 Å². The molecule has 0 saturated heterocycles. The number of nitrogens with two attached hydrogens (primary N) is 1. The lowest BCUT2D eigenvalue weighted by molar-refractivity contribution is -0.0145. The van der Waals surface area contributed by atoms with E-state index in [1.165, 1.54) is 0 Å². The minimum Gasteiger partial charge on any atom is -0.388 e. The fraction of sp³-hybridized carbons (Fsp3) is 0.692. The quantitative estimate of drug-likeness (QED) is 0.743. The maximum absolute atomic E-state index is 10.5. The Labute approximate surface area is 118 Å². The molecule has 0 bridgehead atoms. The van der Waals surface area contributed by atoms with Gasteiger partial charge in [0.1, 0.15) is 11.0 Å². The van der Waals surface area contributed by atoms with Gasteiger partial charge in [0.25, 0.3) is 0 Å². The van der Waals surface area contributed by atoms with Crippen molar-refractivity contribution in [1.82, 2.24) is 9.97 Å². The third-order valence-corrected chi connectivity index (χ3v) is 4.04. The number of anilines is 2. The number of halogens is 1. The molecule has 2 rings (SSSR count). The van der Waals surface area contributed by atoms with Crippen molar-refractivity contribution in [3.8, 4) is 0 Å². The number of aromatic nitrogens is 2. The van der Waals surface area contributed by atoms with Crippen molar-refractivity contribution in [1.29, 1.82) is 0 Å². The van der Waals surface area contributed by atoms with E-state index in [1.807, 2.05) is 0 Å². The average molecular weight is 285 g/mol. The van der Waals surface area contributed by atoms with Crippen LogP contribution in [0, 0.1) is 5.41 Å². The Morgan fingerprint density at radius 2 is 1.95 bits per heavy atom. The van der Waals surface area contributed by atoms with Crippen LogP contribution >= 0.6 is 11.6 Å². The second kappa shape index (κ2) is 5.13. The van der Waals surface area contributed by atoms with E-state index in [2.05, 4.69) is 29.1 Å². The Morgan fingerprint density at radius 3 is 2.53 bits per heavy atom. The van der Waals surface area contributed by atoms with Gasteiger partial charge in [0, 0.05) is 12.6 Å². The zero-order valence-corrected chi connectivity index (χ0v) is 12.2. The fourth-order valence-electron chi connectivity index (χ4n) is 2.35. The van der Waals surface area contributed by atoms with Gasteiger partial charge in [-0.2, -0.15) is 4.98 Å². The number of nitrogens with zero attached hydrogens (tertiary/aromatic N) is 2. The van der Waals surface area contributed by atoms with Crippen molar-refractivity contribution < 1.29 is 5.11 Å². The minimum atomic E-state index is -0.679. The Bertz CT molecular complexity index is 434. The van der Waals surface area contributed by atoms with Crippen LogP contribution < -0.4 is 11.1 Å². The van der Waals surface area contributed by atoms with Gasteiger partial charge >= 0.3 is 0 Å². The molecule has 0 amide bonds. The van der Waals surface area contributed by atoms with E-state index >= 15 is 0 Å². The van der Waals surface area contributed by atoms with Gasteiger partial charge in [-0.3, -0.25) is 0 Å². The molecule has 0 aliphatic heterocycles. The second-order valence-corrected chi connectivity index (χ2v) is 6.56. The standard InChI is InChI=1S/C13H21ClN4O/c1-12(2)3-5-13(19,6-4-12)8-16-10-7-9(14)17-11(15)18-10/h7,19H,3-6,8H2,1-2H3,(H3,15,16,17,18). The number of hydrogen-bond acceptors (Lipinski definition) is 5. The van der Waals surface area contributed by atoms with Crippen LogP contribution in [0.25, 0.3) is 0 Å². The third-order valence-electron chi connectivity index (χ3n) is 3.85. The summed E-state index contributed by atoms with van der Waals surface area (Å²) in [5.74, 6) is 0.683. The number of rotatable bonds is 3. The highest BCUT2D eigenvalue weighted by Crippen LogP contribution is 2.40. The van der Waals surface area contributed by atoms with Crippen LogP contribution in [0.1, 0.15) is 39.5 Å². The number of nitrogens with one attached hydrogen (secondary N) is 1. The van der Waals surface area contributed by atoms with Crippen LogP contribution in [-0.4, -0.2) is 27.2 Å². The first kappa shape index (κ1) is 14.3. The maximum atomic E-state index is 10.5. The first-order valence-electron chi connectivity index (χ1n) is 6.54. The van der Waals surface area contributed by atoms with E-state index < -0.39 is 5.60 Å². The lowest BCUT2D eigenvalue weighted by atomic mass is 9.71. The van der Waals surface area contributed by atoms with E-state index in [1.54, 1.807) is 6.07 Å². The predicted molar refractivity (Wildman–Crippen MR) is 77.1 cm³/mol. The molecular formula is C13H21ClN4O. The number of hydrogen-bond donors (Lipinski definition) is 3. The molecule has 1 saturated carbocycles. The predicted octanol–water partition coefficient (Wildman–Crippen LogP) is 2.46. The van der Waals surface area contributed by atoms with Gasteiger partial charge in [0.15, 0.2) is 0 Å². The molecule has 0 aromatic carbocycles. The summed E-state index contributed by atoms with van der Waals surface area (Å²) in [6, 6.07) is 1.61. The smallest absolute Gasteiger partial charge is 0.223 e. The van der Waals surface area contributed by atoms with Gasteiger partial charge in [0.2, 0.25) is 5.95 Å². The average Bonchev–Trinajstić information content (AvgIpc) is 2.30. The first-order chi connectivity index (χ1) is 8.78. The molecule has 4 N–H and O–H groups in total. The van der Waals surface area contributed by atoms with Gasteiger partial charge < -0.3 is 16.2 Å². The van der Waals surface area contributed by atoms with Crippen LogP contribution in [0.5, 0.6) is 0 Å². The van der Waals surface area contributed by atoms with Crippen molar-refractivity contribution in [2.75, 3.05) is 17.6 Å². The molecular weight excluding hydrogens is 264 g/mol. The Kier molecular flexibility index (Phi) is 3.87. The zero-order valence-electron chi connectivity index (χ0n) is 11.4. The van der Waals surface area contributed by atoms with Crippen molar-refractivity contribution in [2.45, 2.75) is 45.1 Å². The molecule has 1 heterocycles. The highest BCUT2D eigenvalue weighted by atomic mass is 35.5. The fourth-order valence-corrected chi connectivity index (χ4v) is 2.54. The molecule has 1 aliphatic rings. The number of aliphatic hydroxyl groups is 1. The summed E-state index contributed by atoms with van der Waals surface area (Å²) in [6.07, 6.45) is 3.64. The van der Waals surface area contributed by atoms with Crippen molar-refractivity contribution >= 4 is 23.4 Å². The monoisotopic (exact) mass is 284 g/mol. The highest BCUT2D eigenvalue weighted by Gasteiger charge is 2.36. The summed E-state index contributed by atoms with van der Waals surface area (Å²) >= 11 is 5.81. The molecule has 0 radical (unpaired) electrons. The zero-order chi connectivity index (χ0) is 14.1. The Morgan fingerprint density at radius 1 is 1.32 bits per heavy atom. The first-order valence-corrected chi connectivity index (χ1v) is 6.92. The van der Waals surface area contributed by atoms with Crippen molar-refractivity contribution in [2.24, 2.45) is 5.41 Å². The summed E-state index contributed by atoms with van der Waals surface area (Å²) in [5.41, 5.74) is 5.18. The summed E-state index contributed by atoms with van der Waals surface area (Å²) in [7, 11) is 0. The van der Waals surface area contributed by atoms with Crippen LogP contribution in [-0.2, 0) is 0 Å². The molecule has 106 valence electrons. The van der Waals surface area contributed by atoms with Gasteiger partial charge in [-0.1, -0.05) is 25.4 Å². The summed E-state index contributed by atoms with van der Waals surface area (Å²) in [5, 5.41) is 13.9. The summed E-state index contributed by atoms with van der Waals surface area (Å²) in [4.78, 5) is 7.83. The normalized spacial score (nSPS) is 21.1. The van der Waals surface area contributed by atoms with Crippen LogP contribution in [0.4, 0.5) is 11.8 Å². The van der Waals surface area contributed by atoms with E-state index in [-0.39, 0.29) is 5.95 Å². The second-order valence-electron chi connectivity index (χ2n) is 6.18. The van der Waals surface area contributed by atoms with E-state index in [0.29, 0.717) is 22.9 Å². The molecule has 1 aliphatic carbocycles. The van der Waals surface area contributed by atoms with E-state index in [0.717, 1.165) is 25.7 Å². The Balaban J connectivity index is 1.95. The van der Waals surface area contributed by atoms with Gasteiger partial charge in [0.05, 0.1) is 5.60 Å². The van der Waals surface area contributed by atoms with Crippen molar-refractivity contribution in [3.05, 3.63) is 11.2 Å². The van der Waals surface area contributed by atoms with Crippen LogP contribution in [0.2, 0.25) is 5.15 Å². The molecule has 5 nitrogen and oxygen atoms in total. The topological polar surface area (TPSA) is 84.1 Å². The molecule has 19 heavy (non-hydrogen) atoms. The van der Waals surface area contributed by atoms with E-state index in [9.17, 15) is 5.11 Å². The third kappa shape index (κ3) is 3.94. The molecule has 1 fully saturated rings. The summed E-state index contributed by atoms with van der Waals surface area (Å²) < 4.78 is 0. The number of nitrogen functional groups attached to an aromatic ring is 1. The van der Waals surface area contributed by atoms with Gasteiger partial charge in [-0.15, -0.1) is 0 Å². The lowest BCUT2D eigenvalue weighted by Gasteiger charge is -2.40. The van der Waals surface area contributed by atoms with Gasteiger partial charge in [-0.05, 0) is 31.1 Å². The summed E-state index contributed by atoms with van der Waals surface area (Å²) in [6.45, 7) is 4.94. The van der Waals surface area contributed by atoms with Crippen LogP contribution in [0.3, 0.4) is 0 Å². The van der Waals surface area contributed by atoms with Crippen molar-refractivity contribution in [3.63, 3.8) is 0 Å². The minimum absolute atomic E-state index is 0.131. The molecule has 1 aromatic rings. The Hall–Kier alpha value is -1.07. The molecule has 1 aromatic heterocycles. The lowest BCUT2D eigenvalue weighted by Crippen LogP contribution is -2.42.